The molecule has 0 spiro atoms. The van der Waals surface area contributed by atoms with E-state index in [0.717, 1.165) is 18.1 Å². The Morgan fingerprint density at radius 3 is 2.54 bits per heavy atom. The van der Waals surface area contributed by atoms with Crippen molar-refractivity contribution >= 4 is 21.4 Å². The van der Waals surface area contributed by atoms with E-state index in [-0.39, 0.29) is 10.6 Å². The number of nitrogens with zero attached hydrogens (tertiary/aromatic N) is 2. The molecule has 24 heavy (non-hydrogen) atoms. The molecule has 1 aliphatic rings. The Hall–Kier alpha value is -2.45. The van der Waals surface area contributed by atoms with Crippen LogP contribution >= 0.6 is 0 Å². The summed E-state index contributed by atoms with van der Waals surface area (Å²) in [4.78, 5) is 12.7. The number of nitro benzene ring substituents is 1. The predicted octanol–water partition coefficient (Wildman–Crippen LogP) is 2.07. The molecule has 0 aliphatic carbocycles. The number of anilines is 1. The van der Waals surface area contributed by atoms with Gasteiger partial charge >= 0.3 is 0 Å². The summed E-state index contributed by atoms with van der Waals surface area (Å²) in [5.41, 5.74) is 2.60. The minimum atomic E-state index is -3.72. The summed E-state index contributed by atoms with van der Waals surface area (Å²) in [6.45, 7) is 1.21. The van der Waals surface area contributed by atoms with E-state index in [9.17, 15) is 18.5 Å². The van der Waals surface area contributed by atoms with Gasteiger partial charge < -0.3 is 4.90 Å². The predicted molar refractivity (Wildman–Crippen MR) is 90.5 cm³/mol. The van der Waals surface area contributed by atoms with Gasteiger partial charge in [-0.1, -0.05) is 24.3 Å². The lowest BCUT2D eigenvalue weighted by Crippen LogP contribution is -2.31. The lowest BCUT2D eigenvalue weighted by Gasteiger charge is -2.30. The molecule has 1 heterocycles. The zero-order valence-corrected chi connectivity index (χ0v) is 13.9. The lowest BCUT2D eigenvalue weighted by molar-refractivity contribution is -0.384. The van der Waals surface area contributed by atoms with Crippen molar-refractivity contribution in [1.82, 2.24) is 4.72 Å². The van der Waals surface area contributed by atoms with Crippen LogP contribution in [0.3, 0.4) is 0 Å². The molecule has 0 aromatic heterocycles. The van der Waals surface area contributed by atoms with E-state index in [1.807, 2.05) is 23.1 Å². The first-order valence-electron chi connectivity index (χ1n) is 7.46. The van der Waals surface area contributed by atoms with Gasteiger partial charge in [0.15, 0.2) is 0 Å². The number of sulfonamides is 1. The van der Waals surface area contributed by atoms with Crippen LogP contribution < -0.4 is 9.62 Å². The normalized spacial score (nSPS) is 14.3. The van der Waals surface area contributed by atoms with Gasteiger partial charge in [0.2, 0.25) is 10.0 Å². The molecule has 3 rings (SSSR count). The van der Waals surface area contributed by atoms with Crippen LogP contribution in [0.5, 0.6) is 0 Å². The zero-order valence-electron chi connectivity index (χ0n) is 13.1. The maximum atomic E-state index is 11.9. The lowest BCUT2D eigenvalue weighted by atomic mass is 9.99. The van der Waals surface area contributed by atoms with Gasteiger partial charge in [0.25, 0.3) is 5.69 Å². The van der Waals surface area contributed by atoms with Gasteiger partial charge in [-0.3, -0.25) is 10.1 Å². The van der Waals surface area contributed by atoms with Gasteiger partial charge in [-0.25, -0.2) is 13.1 Å². The van der Waals surface area contributed by atoms with E-state index < -0.39 is 14.9 Å². The van der Waals surface area contributed by atoms with Crippen LogP contribution in [-0.4, -0.2) is 26.9 Å². The molecule has 0 atom stereocenters. The molecule has 126 valence electrons. The highest BCUT2D eigenvalue weighted by Gasteiger charge is 2.26. The second-order valence-corrected chi connectivity index (χ2v) is 7.44. The fraction of sp³-hybridized carbons (Fsp3) is 0.250. The van der Waals surface area contributed by atoms with Crippen LogP contribution in [-0.2, 0) is 23.0 Å². The molecule has 0 amide bonds. The SMILES string of the molecule is CNS(=O)(=O)c1ccc(N2CCc3ccccc3C2)c([N+](=O)[O-])c1. The Morgan fingerprint density at radius 1 is 1.17 bits per heavy atom. The molecule has 2 aromatic rings. The minimum Gasteiger partial charge on any atom is -0.361 e. The average Bonchev–Trinajstić information content (AvgIpc) is 2.60. The summed E-state index contributed by atoms with van der Waals surface area (Å²) >= 11 is 0. The number of nitrogens with one attached hydrogen (secondary N) is 1. The molecule has 0 saturated heterocycles. The smallest absolute Gasteiger partial charge is 0.293 e. The summed E-state index contributed by atoms with van der Waals surface area (Å²) in [6.07, 6.45) is 0.796. The van der Waals surface area contributed by atoms with Gasteiger partial charge in [-0.15, -0.1) is 0 Å². The monoisotopic (exact) mass is 347 g/mol. The van der Waals surface area contributed by atoms with Crippen LogP contribution in [0.4, 0.5) is 11.4 Å². The summed E-state index contributed by atoms with van der Waals surface area (Å²) in [7, 11) is -2.45. The summed E-state index contributed by atoms with van der Waals surface area (Å²) in [5.74, 6) is 0. The highest BCUT2D eigenvalue weighted by molar-refractivity contribution is 7.89. The Morgan fingerprint density at radius 2 is 1.88 bits per heavy atom. The Labute approximate surface area is 140 Å². The van der Waals surface area contributed by atoms with Crippen LogP contribution in [0.25, 0.3) is 0 Å². The number of nitro groups is 1. The molecular formula is C16H17N3O4S. The van der Waals surface area contributed by atoms with Crippen molar-refractivity contribution in [1.29, 1.82) is 0 Å². The average molecular weight is 347 g/mol. The van der Waals surface area contributed by atoms with Crippen molar-refractivity contribution in [3.05, 3.63) is 63.7 Å². The highest BCUT2D eigenvalue weighted by atomic mass is 32.2. The van der Waals surface area contributed by atoms with Crippen molar-refractivity contribution in [2.45, 2.75) is 17.9 Å². The van der Waals surface area contributed by atoms with Gasteiger partial charge in [0.1, 0.15) is 5.69 Å². The minimum absolute atomic E-state index is 0.113. The van der Waals surface area contributed by atoms with E-state index in [4.69, 9.17) is 0 Å². The van der Waals surface area contributed by atoms with Gasteiger partial charge in [0, 0.05) is 19.2 Å². The largest absolute Gasteiger partial charge is 0.361 e. The van der Waals surface area contributed by atoms with Crippen molar-refractivity contribution in [3.8, 4) is 0 Å². The van der Waals surface area contributed by atoms with Crippen molar-refractivity contribution in [2.24, 2.45) is 0 Å². The van der Waals surface area contributed by atoms with Crippen LogP contribution in [0.2, 0.25) is 0 Å². The highest BCUT2D eigenvalue weighted by Crippen LogP contribution is 2.33. The molecule has 8 heteroatoms. The molecule has 0 unspecified atom stereocenters. The quantitative estimate of drug-likeness (QED) is 0.675. The van der Waals surface area contributed by atoms with Crippen LogP contribution in [0.1, 0.15) is 11.1 Å². The standard InChI is InChI=1S/C16H17N3O4S/c1-17-24(22,23)14-6-7-15(16(10-14)19(20)21)18-9-8-12-4-2-3-5-13(12)11-18/h2-7,10,17H,8-9,11H2,1H3. The molecule has 0 fully saturated rings. The van der Waals surface area contributed by atoms with E-state index in [1.165, 1.54) is 24.7 Å². The Kier molecular flexibility index (Phi) is 4.25. The fourth-order valence-corrected chi connectivity index (χ4v) is 3.65. The maximum absolute atomic E-state index is 11.9. The molecule has 1 N–H and O–H groups in total. The number of benzene rings is 2. The number of rotatable bonds is 4. The maximum Gasteiger partial charge on any atom is 0.293 e. The molecular weight excluding hydrogens is 330 g/mol. The molecule has 0 bridgehead atoms. The van der Waals surface area contributed by atoms with E-state index in [2.05, 4.69) is 10.8 Å². The molecule has 0 saturated carbocycles. The summed E-state index contributed by atoms with van der Waals surface area (Å²) in [6, 6.07) is 12.0. The Balaban J connectivity index is 2.01. The summed E-state index contributed by atoms with van der Waals surface area (Å²) < 4.78 is 25.9. The number of hydrogen-bond acceptors (Lipinski definition) is 5. The second kappa shape index (κ2) is 6.21. The molecule has 7 nitrogen and oxygen atoms in total. The van der Waals surface area contributed by atoms with Crippen LogP contribution in [0.15, 0.2) is 47.4 Å². The first kappa shape index (κ1) is 16.4. The van der Waals surface area contributed by atoms with Crippen molar-refractivity contribution in [3.63, 3.8) is 0 Å². The van der Waals surface area contributed by atoms with Gasteiger partial charge in [-0.05, 0) is 36.7 Å². The van der Waals surface area contributed by atoms with E-state index in [0.29, 0.717) is 18.8 Å². The van der Waals surface area contributed by atoms with Crippen molar-refractivity contribution < 1.29 is 13.3 Å². The fourth-order valence-electron chi connectivity index (χ4n) is 2.90. The van der Waals surface area contributed by atoms with Gasteiger partial charge in [-0.2, -0.15) is 0 Å². The molecule has 0 radical (unpaired) electrons. The topological polar surface area (TPSA) is 92.6 Å². The van der Waals surface area contributed by atoms with Gasteiger partial charge in [0.05, 0.1) is 9.82 Å². The van der Waals surface area contributed by atoms with Crippen LogP contribution in [0, 0.1) is 10.1 Å². The second-order valence-electron chi connectivity index (χ2n) is 5.56. The zero-order chi connectivity index (χ0) is 17.3. The third-order valence-corrected chi connectivity index (χ3v) is 5.61. The Bertz CT molecular complexity index is 896. The number of hydrogen-bond donors (Lipinski definition) is 1. The third-order valence-electron chi connectivity index (χ3n) is 4.19. The third kappa shape index (κ3) is 2.98. The first-order valence-corrected chi connectivity index (χ1v) is 8.94. The van der Waals surface area contributed by atoms with E-state index >= 15 is 0 Å². The summed E-state index contributed by atoms with van der Waals surface area (Å²) in [5, 5.41) is 11.4. The van der Waals surface area contributed by atoms with E-state index in [1.54, 1.807) is 0 Å². The first-order chi connectivity index (χ1) is 11.4. The molecule has 2 aromatic carbocycles. The molecule has 1 aliphatic heterocycles. The number of fused-ring (bicyclic) bond motifs is 1. The van der Waals surface area contributed by atoms with Crippen molar-refractivity contribution in [2.75, 3.05) is 18.5 Å².